The highest BCUT2D eigenvalue weighted by molar-refractivity contribution is 5.64. The van der Waals surface area contributed by atoms with Crippen molar-refractivity contribution in [3.63, 3.8) is 0 Å². The molecule has 0 spiro atoms. The van der Waals surface area contributed by atoms with Gasteiger partial charge in [0.15, 0.2) is 0 Å². The van der Waals surface area contributed by atoms with E-state index in [1.54, 1.807) is 23.9 Å². The molecule has 0 amide bonds. The zero-order valence-electron chi connectivity index (χ0n) is 18.1. The van der Waals surface area contributed by atoms with Crippen LogP contribution in [0.1, 0.15) is 36.0 Å². The van der Waals surface area contributed by atoms with Gasteiger partial charge in [-0.25, -0.2) is 4.98 Å². The van der Waals surface area contributed by atoms with E-state index < -0.39 is 12.1 Å². The molecule has 1 aliphatic heterocycles. The van der Waals surface area contributed by atoms with Crippen LogP contribution in [0.5, 0.6) is 0 Å². The molecule has 4 rings (SSSR count). The Balaban J connectivity index is 1.44. The van der Waals surface area contributed by atoms with E-state index in [0.717, 1.165) is 23.1 Å². The molecule has 1 aliphatic rings. The van der Waals surface area contributed by atoms with Crippen LogP contribution in [0.3, 0.4) is 0 Å². The van der Waals surface area contributed by atoms with E-state index in [2.05, 4.69) is 41.1 Å². The predicted molar refractivity (Wildman–Crippen MR) is 122 cm³/mol. The van der Waals surface area contributed by atoms with Gasteiger partial charge >= 0.3 is 0 Å². The molecule has 0 aliphatic carbocycles. The van der Waals surface area contributed by atoms with Gasteiger partial charge in [-0.3, -0.25) is 0 Å². The second-order valence-corrected chi connectivity index (χ2v) is 8.18. The van der Waals surface area contributed by atoms with Crippen LogP contribution in [0.4, 0.5) is 0 Å². The van der Waals surface area contributed by atoms with Gasteiger partial charge in [0.25, 0.3) is 0 Å². The molecule has 0 bridgehead atoms. The molecule has 3 aromatic rings. The zero-order valence-corrected chi connectivity index (χ0v) is 18.1. The first-order chi connectivity index (χ1) is 15.5. The fourth-order valence-corrected chi connectivity index (χ4v) is 3.95. The SMILES string of the molecule is C[C@H](O)c1nccn1[C@@H](C#Cc1ccc(-c2ccc(C[C@@H]3COC[C@H]3O)cc2)cc1)CO. The van der Waals surface area contributed by atoms with Crippen LogP contribution < -0.4 is 0 Å². The minimum Gasteiger partial charge on any atom is -0.393 e. The van der Waals surface area contributed by atoms with E-state index in [1.165, 1.54) is 5.56 Å². The van der Waals surface area contributed by atoms with E-state index in [-0.39, 0.29) is 18.6 Å². The van der Waals surface area contributed by atoms with Gasteiger partial charge in [0, 0.05) is 23.9 Å². The molecular formula is C26H28N2O4. The van der Waals surface area contributed by atoms with Crippen molar-refractivity contribution in [1.29, 1.82) is 0 Å². The van der Waals surface area contributed by atoms with Crippen molar-refractivity contribution in [1.82, 2.24) is 9.55 Å². The van der Waals surface area contributed by atoms with Crippen molar-refractivity contribution >= 4 is 0 Å². The second-order valence-electron chi connectivity index (χ2n) is 8.18. The third-order valence-corrected chi connectivity index (χ3v) is 5.80. The number of aliphatic hydroxyl groups excluding tert-OH is 3. The zero-order chi connectivity index (χ0) is 22.5. The summed E-state index contributed by atoms with van der Waals surface area (Å²) < 4.78 is 7.03. The topological polar surface area (TPSA) is 87.7 Å². The summed E-state index contributed by atoms with van der Waals surface area (Å²) >= 11 is 0. The maximum Gasteiger partial charge on any atom is 0.138 e. The lowest BCUT2D eigenvalue weighted by Gasteiger charge is -2.14. The van der Waals surface area contributed by atoms with Gasteiger partial charge in [-0.1, -0.05) is 48.2 Å². The van der Waals surface area contributed by atoms with Gasteiger partial charge in [0.05, 0.1) is 25.9 Å². The number of nitrogens with zero attached hydrogens (tertiary/aromatic N) is 2. The normalized spacial score (nSPS) is 19.9. The molecule has 0 radical (unpaired) electrons. The second kappa shape index (κ2) is 10.1. The molecule has 32 heavy (non-hydrogen) atoms. The molecule has 4 atom stereocenters. The average Bonchev–Trinajstić information content (AvgIpc) is 3.45. The van der Waals surface area contributed by atoms with Crippen LogP contribution >= 0.6 is 0 Å². The monoisotopic (exact) mass is 432 g/mol. The van der Waals surface area contributed by atoms with E-state index >= 15 is 0 Å². The lowest BCUT2D eigenvalue weighted by atomic mass is 9.95. The largest absolute Gasteiger partial charge is 0.393 e. The Kier molecular flexibility index (Phi) is 7.03. The van der Waals surface area contributed by atoms with Gasteiger partial charge in [-0.15, -0.1) is 0 Å². The molecule has 1 fully saturated rings. The summed E-state index contributed by atoms with van der Waals surface area (Å²) in [6.45, 7) is 2.51. The molecule has 0 unspecified atom stereocenters. The first kappa shape index (κ1) is 22.3. The maximum atomic E-state index is 9.93. The van der Waals surface area contributed by atoms with Crippen LogP contribution in [0, 0.1) is 17.8 Å². The highest BCUT2D eigenvalue weighted by Gasteiger charge is 2.26. The number of rotatable bonds is 6. The molecule has 6 heteroatoms. The van der Waals surface area contributed by atoms with Crippen LogP contribution in [-0.4, -0.2) is 50.8 Å². The Morgan fingerprint density at radius 1 is 1.09 bits per heavy atom. The Bertz CT molecular complexity index is 1080. The molecule has 3 N–H and O–H groups in total. The number of ether oxygens (including phenoxy) is 1. The van der Waals surface area contributed by atoms with Crippen molar-refractivity contribution in [2.75, 3.05) is 19.8 Å². The number of hydrogen-bond acceptors (Lipinski definition) is 5. The highest BCUT2D eigenvalue weighted by atomic mass is 16.5. The summed E-state index contributed by atoms with van der Waals surface area (Å²) in [5.74, 6) is 6.82. The molecule has 0 saturated carbocycles. The van der Waals surface area contributed by atoms with Gasteiger partial charge in [0.1, 0.15) is 18.0 Å². The van der Waals surface area contributed by atoms with Crippen LogP contribution in [0.2, 0.25) is 0 Å². The molecule has 1 aromatic heterocycles. The third-order valence-electron chi connectivity index (χ3n) is 5.80. The van der Waals surface area contributed by atoms with E-state index in [1.807, 2.05) is 24.3 Å². The van der Waals surface area contributed by atoms with Gasteiger partial charge < -0.3 is 24.6 Å². The molecule has 166 valence electrons. The fourth-order valence-electron chi connectivity index (χ4n) is 3.95. The average molecular weight is 433 g/mol. The summed E-state index contributed by atoms with van der Waals surface area (Å²) in [5.41, 5.74) is 4.25. The Hall–Kier alpha value is -2.95. The van der Waals surface area contributed by atoms with Crippen molar-refractivity contribution in [2.24, 2.45) is 5.92 Å². The van der Waals surface area contributed by atoms with Gasteiger partial charge in [-0.05, 0) is 42.2 Å². The van der Waals surface area contributed by atoms with Crippen molar-refractivity contribution in [3.8, 4) is 23.0 Å². The predicted octanol–water partition coefficient (Wildman–Crippen LogP) is 2.74. The smallest absolute Gasteiger partial charge is 0.138 e. The summed E-state index contributed by atoms with van der Waals surface area (Å²) in [6, 6.07) is 15.9. The van der Waals surface area contributed by atoms with E-state index in [9.17, 15) is 15.3 Å². The minimum absolute atomic E-state index is 0.167. The maximum absolute atomic E-state index is 9.93. The Morgan fingerprint density at radius 2 is 1.78 bits per heavy atom. The van der Waals surface area contributed by atoms with Crippen molar-refractivity contribution in [2.45, 2.75) is 31.6 Å². The molecular weight excluding hydrogens is 404 g/mol. The Labute approximate surface area is 188 Å². The van der Waals surface area contributed by atoms with Gasteiger partial charge in [-0.2, -0.15) is 0 Å². The number of hydrogen-bond donors (Lipinski definition) is 3. The third kappa shape index (κ3) is 5.09. The summed E-state index contributed by atoms with van der Waals surface area (Å²) in [6.07, 6.45) is 3.01. The van der Waals surface area contributed by atoms with E-state index in [0.29, 0.717) is 19.0 Å². The number of benzene rings is 2. The quantitative estimate of drug-likeness (QED) is 0.522. The first-order valence-corrected chi connectivity index (χ1v) is 10.8. The molecule has 2 aromatic carbocycles. The van der Waals surface area contributed by atoms with E-state index in [4.69, 9.17) is 4.74 Å². The summed E-state index contributed by atoms with van der Waals surface area (Å²) in [5, 5.41) is 29.5. The van der Waals surface area contributed by atoms with Crippen LogP contribution in [0.25, 0.3) is 11.1 Å². The molecule has 1 saturated heterocycles. The lowest BCUT2D eigenvalue weighted by Crippen LogP contribution is -2.19. The van der Waals surface area contributed by atoms with Crippen molar-refractivity contribution in [3.05, 3.63) is 77.9 Å². The standard InChI is InChI=1S/C26H28N2O4/c1-18(30)26-27-12-13-28(26)24(15-29)11-6-19-2-7-21(8-3-19)22-9-4-20(5-10-22)14-23-16-32-17-25(23)31/h2-5,7-10,12-13,18,23-25,29-31H,14-17H2,1H3/t18-,23+,24-,25+/m0/s1. The summed E-state index contributed by atoms with van der Waals surface area (Å²) in [7, 11) is 0. The van der Waals surface area contributed by atoms with Crippen molar-refractivity contribution < 1.29 is 20.1 Å². The highest BCUT2D eigenvalue weighted by Crippen LogP contribution is 2.24. The van der Waals surface area contributed by atoms with Crippen LogP contribution in [-0.2, 0) is 11.2 Å². The lowest BCUT2D eigenvalue weighted by molar-refractivity contribution is 0.118. The number of aliphatic hydroxyl groups is 3. The minimum atomic E-state index is -0.733. The molecule has 6 nitrogen and oxygen atoms in total. The first-order valence-electron chi connectivity index (χ1n) is 10.8. The van der Waals surface area contributed by atoms with Crippen LogP contribution in [0.15, 0.2) is 60.9 Å². The fraction of sp³-hybridized carbons (Fsp3) is 0.346. The Morgan fingerprint density at radius 3 is 2.38 bits per heavy atom. The number of imidazole rings is 1. The number of aromatic nitrogens is 2. The molecule has 2 heterocycles. The van der Waals surface area contributed by atoms with Gasteiger partial charge in [0.2, 0.25) is 0 Å². The summed E-state index contributed by atoms with van der Waals surface area (Å²) in [4.78, 5) is 4.14.